The number of hydrogen-bond donors (Lipinski definition) is 1. The molecule has 94 valence electrons. The molecule has 0 radical (unpaired) electrons. The summed E-state index contributed by atoms with van der Waals surface area (Å²) in [5.41, 5.74) is -0.0885. The summed E-state index contributed by atoms with van der Waals surface area (Å²) >= 11 is 0. The van der Waals surface area contributed by atoms with Crippen molar-refractivity contribution in [2.45, 2.75) is 54.5 Å². The highest BCUT2D eigenvalue weighted by atomic mass is 16.2. The number of nitrogens with one attached hydrogen (secondary N) is 1. The van der Waals surface area contributed by atoms with Gasteiger partial charge in [-0.15, -0.1) is 0 Å². The predicted octanol–water partition coefficient (Wildman–Crippen LogP) is 2.40. The molecular formula is C13H25NO2. The number of ketones is 1. The van der Waals surface area contributed by atoms with Crippen molar-refractivity contribution in [1.82, 2.24) is 5.32 Å². The second-order valence-corrected chi connectivity index (χ2v) is 5.93. The van der Waals surface area contributed by atoms with Gasteiger partial charge in [-0.25, -0.2) is 0 Å². The maximum atomic E-state index is 12.1. The number of rotatable bonds is 4. The predicted molar refractivity (Wildman–Crippen MR) is 66.1 cm³/mol. The molecule has 0 fully saturated rings. The van der Waals surface area contributed by atoms with Gasteiger partial charge in [-0.1, -0.05) is 34.6 Å². The lowest BCUT2D eigenvalue weighted by Crippen LogP contribution is -2.46. The van der Waals surface area contributed by atoms with Crippen LogP contribution in [0.5, 0.6) is 0 Å². The minimum Gasteiger partial charge on any atom is -0.346 e. The van der Waals surface area contributed by atoms with Gasteiger partial charge in [0.2, 0.25) is 5.91 Å². The summed E-state index contributed by atoms with van der Waals surface area (Å²) in [5, 5.41) is 2.78. The topological polar surface area (TPSA) is 46.2 Å². The van der Waals surface area contributed by atoms with E-state index in [0.717, 1.165) is 0 Å². The Hall–Kier alpha value is -0.860. The van der Waals surface area contributed by atoms with E-state index in [1.807, 2.05) is 13.8 Å². The zero-order valence-electron chi connectivity index (χ0n) is 11.5. The van der Waals surface area contributed by atoms with E-state index >= 15 is 0 Å². The second-order valence-electron chi connectivity index (χ2n) is 5.93. The Bertz CT molecular complexity index is 264. The Morgan fingerprint density at radius 2 is 1.50 bits per heavy atom. The van der Waals surface area contributed by atoms with E-state index in [-0.39, 0.29) is 28.9 Å². The molecule has 0 aliphatic heterocycles. The van der Waals surface area contributed by atoms with Gasteiger partial charge in [0.05, 0.1) is 6.04 Å². The summed E-state index contributed by atoms with van der Waals surface area (Å²) in [4.78, 5) is 23.2. The molecule has 2 unspecified atom stereocenters. The third kappa shape index (κ3) is 4.33. The number of amides is 1. The van der Waals surface area contributed by atoms with Crippen LogP contribution in [0.3, 0.4) is 0 Å². The Morgan fingerprint density at radius 3 is 1.75 bits per heavy atom. The lowest BCUT2D eigenvalue weighted by molar-refractivity contribution is -0.133. The van der Waals surface area contributed by atoms with Crippen LogP contribution in [0, 0.1) is 17.3 Å². The van der Waals surface area contributed by atoms with Gasteiger partial charge in [-0.2, -0.15) is 0 Å². The fraction of sp³-hybridized carbons (Fsp3) is 0.846. The SMILES string of the molecule is CC(=O)C(C)NC(=O)C(C(C)C)C(C)(C)C. The molecule has 0 aromatic carbocycles. The summed E-state index contributed by atoms with van der Waals surface area (Å²) in [7, 11) is 0. The van der Waals surface area contributed by atoms with Gasteiger partial charge in [0.15, 0.2) is 5.78 Å². The molecule has 0 saturated heterocycles. The van der Waals surface area contributed by atoms with Crippen LogP contribution in [0.15, 0.2) is 0 Å². The highest BCUT2D eigenvalue weighted by Gasteiger charge is 2.34. The molecule has 0 aliphatic carbocycles. The lowest BCUT2D eigenvalue weighted by atomic mass is 9.73. The molecule has 1 amide bonds. The molecule has 2 atom stereocenters. The van der Waals surface area contributed by atoms with Crippen molar-refractivity contribution in [3.05, 3.63) is 0 Å². The molecule has 3 nitrogen and oxygen atoms in total. The van der Waals surface area contributed by atoms with Crippen molar-refractivity contribution in [3.63, 3.8) is 0 Å². The Morgan fingerprint density at radius 1 is 1.06 bits per heavy atom. The largest absolute Gasteiger partial charge is 0.346 e. The quantitative estimate of drug-likeness (QED) is 0.801. The first-order valence-electron chi connectivity index (χ1n) is 5.88. The number of carbonyl (C=O) groups excluding carboxylic acids is 2. The molecule has 0 aromatic heterocycles. The minimum absolute atomic E-state index is 0.00948. The van der Waals surface area contributed by atoms with Gasteiger partial charge in [-0.05, 0) is 25.2 Å². The summed E-state index contributed by atoms with van der Waals surface area (Å²) in [6, 6.07) is -0.393. The molecule has 0 spiro atoms. The van der Waals surface area contributed by atoms with Crippen molar-refractivity contribution >= 4 is 11.7 Å². The van der Waals surface area contributed by atoms with Gasteiger partial charge >= 0.3 is 0 Å². The van der Waals surface area contributed by atoms with Crippen LogP contribution in [-0.4, -0.2) is 17.7 Å². The van der Waals surface area contributed by atoms with Gasteiger partial charge in [-0.3, -0.25) is 9.59 Å². The van der Waals surface area contributed by atoms with Crippen molar-refractivity contribution in [2.75, 3.05) is 0 Å². The van der Waals surface area contributed by atoms with E-state index in [0.29, 0.717) is 0 Å². The monoisotopic (exact) mass is 227 g/mol. The van der Waals surface area contributed by atoms with Crippen LogP contribution in [0.1, 0.15) is 48.5 Å². The van der Waals surface area contributed by atoms with Gasteiger partial charge in [0.1, 0.15) is 0 Å². The first kappa shape index (κ1) is 15.1. The first-order chi connectivity index (χ1) is 7.07. The van der Waals surface area contributed by atoms with Crippen molar-refractivity contribution in [1.29, 1.82) is 0 Å². The molecule has 0 aliphatic rings. The average molecular weight is 227 g/mol. The smallest absolute Gasteiger partial charge is 0.224 e. The molecule has 1 N–H and O–H groups in total. The van der Waals surface area contributed by atoms with Crippen molar-refractivity contribution in [3.8, 4) is 0 Å². The van der Waals surface area contributed by atoms with Gasteiger partial charge < -0.3 is 5.32 Å². The molecule has 16 heavy (non-hydrogen) atoms. The highest BCUT2D eigenvalue weighted by molar-refractivity contribution is 5.88. The Kier molecular flexibility index (Phi) is 5.17. The maximum absolute atomic E-state index is 12.1. The molecular weight excluding hydrogens is 202 g/mol. The molecule has 3 heteroatoms. The Labute approximate surface area is 99.0 Å². The lowest BCUT2D eigenvalue weighted by Gasteiger charge is -2.33. The van der Waals surface area contributed by atoms with E-state index in [1.165, 1.54) is 6.92 Å². The normalized spacial score (nSPS) is 15.8. The Balaban J connectivity index is 4.72. The van der Waals surface area contributed by atoms with Gasteiger partial charge in [0.25, 0.3) is 0 Å². The van der Waals surface area contributed by atoms with Crippen LogP contribution in [0.4, 0.5) is 0 Å². The molecule has 0 rings (SSSR count). The van der Waals surface area contributed by atoms with Crippen molar-refractivity contribution < 1.29 is 9.59 Å². The van der Waals surface area contributed by atoms with E-state index < -0.39 is 6.04 Å². The summed E-state index contributed by atoms with van der Waals surface area (Å²) < 4.78 is 0. The van der Waals surface area contributed by atoms with Crippen LogP contribution in [0.2, 0.25) is 0 Å². The third-order valence-electron chi connectivity index (χ3n) is 2.85. The number of carbonyl (C=O) groups is 2. The molecule has 0 saturated carbocycles. The second kappa shape index (κ2) is 5.46. The fourth-order valence-corrected chi connectivity index (χ4v) is 2.10. The zero-order valence-corrected chi connectivity index (χ0v) is 11.5. The first-order valence-corrected chi connectivity index (χ1v) is 5.88. The van der Waals surface area contributed by atoms with Crippen LogP contribution in [-0.2, 0) is 9.59 Å². The van der Waals surface area contributed by atoms with Crippen LogP contribution < -0.4 is 5.32 Å². The molecule has 0 bridgehead atoms. The standard InChI is InChI=1S/C13H25NO2/c1-8(2)11(13(5,6)7)12(16)14-9(3)10(4)15/h8-9,11H,1-7H3,(H,14,16). The third-order valence-corrected chi connectivity index (χ3v) is 2.85. The minimum atomic E-state index is -0.393. The maximum Gasteiger partial charge on any atom is 0.224 e. The van der Waals surface area contributed by atoms with Crippen LogP contribution >= 0.6 is 0 Å². The summed E-state index contributed by atoms with van der Waals surface area (Å²) in [5.74, 6) is 0.156. The van der Waals surface area contributed by atoms with Gasteiger partial charge in [0, 0.05) is 5.92 Å². The zero-order chi connectivity index (χ0) is 13.1. The van der Waals surface area contributed by atoms with E-state index in [9.17, 15) is 9.59 Å². The summed E-state index contributed by atoms with van der Waals surface area (Å²) in [6.07, 6.45) is 0. The molecule has 0 heterocycles. The van der Waals surface area contributed by atoms with Crippen LogP contribution in [0.25, 0.3) is 0 Å². The molecule has 0 aromatic rings. The number of Topliss-reactive ketones (excluding diaryl/α,β-unsaturated/α-hetero) is 1. The van der Waals surface area contributed by atoms with E-state index in [2.05, 4.69) is 26.1 Å². The highest BCUT2D eigenvalue weighted by Crippen LogP contribution is 2.32. The van der Waals surface area contributed by atoms with E-state index in [1.54, 1.807) is 6.92 Å². The fourth-order valence-electron chi connectivity index (χ4n) is 2.10. The number of hydrogen-bond acceptors (Lipinski definition) is 2. The summed E-state index contributed by atoms with van der Waals surface area (Å²) in [6.45, 7) is 13.4. The average Bonchev–Trinajstić information content (AvgIpc) is 1.99. The van der Waals surface area contributed by atoms with E-state index in [4.69, 9.17) is 0 Å². The van der Waals surface area contributed by atoms with Crippen molar-refractivity contribution in [2.24, 2.45) is 17.3 Å².